The summed E-state index contributed by atoms with van der Waals surface area (Å²) in [6.45, 7) is 4.03. The van der Waals surface area contributed by atoms with E-state index < -0.39 is 0 Å². The molecule has 0 bridgehead atoms. The zero-order valence-corrected chi connectivity index (χ0v) is 13.3. The SMILES string of the molecule is CCC(C)PC(=O)c1c(Cl)c(Cl)cc(Cl)c1Cl. The van der Waals surface area contributed by atoms with Gasteiger partial charge >= 0.3 is 0 Å². The summed E-state index contributed by atoms with van der Waals surface area (Å²) in [4.78, 5) is 12.1. The molecule has 1 nitrogen and oxygen atoms in total. The summed E-state index contributed by atoms with van der Waals surface area (Å²) >= 11 is 23.8. The third-order valence-corrected chi connectivity index (χ3v) is 5.32. The first-order valence-electron chi connectivity index (χ1n) is 5.02. The lowest BCUT2D eigenvalue weighted by Crippen LogP contribution is -2.01. The van der Waals surface area contributed by atoms with E-state index in [4.69, 9.17) is 46.4 Å². The number of halogens is 4. The smallest absolute Gasteiger partial charge is 0.184 e. The molecule has 0 N–H and O–H groups in total. The number of benzene rings is 1. The Labute approximate surface area is 123 Å². The van der Waals surface area contributed by atoms with Crippen LogP contribution in [0.2, 0.25) is 20.1 Å². The fourth-order valence-electron chi connectivity index (χ4n) is 1.17. The predicted molar refractivity (Wildman–Crippen MR) is 78.9 cm³/mol. The highest BCUT2D eigenvalue weighted by Crippen LogP contribution is 2.41. The summed E-state index contributed by atoms with van der Waals surface area (Å²) in [5, 5.41) is 0.862. The molecule has 0 fully saturated rings. The molecule has 0 aliphatic carbocycles. The fraction of sp³-hybridized carbons (Fsp3) is 0.364. The van der Waals surface area contributed by atoms with Crippen molar-refractivity contribution in [3.8, 4) is 0 Å². The largest absolute Gasteiger partial charge is 0.289 e. The van der Waals surface area contributed by atoms with Gasteiger partial charge in [0.05, 0.1) is 25.7 Å². The number of carbonyl (C=O) groups excluding carboxylic acids is 1. The van der Waals surface area contributed by atoms with Gasteiger partial charge in [-0.1, -0.05) is 60.3 Å². The minimum atomic E-state index is -0.0984. The van der Waals surface area contributed by atoms with Crippen LogP contribution in [0.3, 0.4) is 0 Å². The molecule has 1 aromatic rings. The molecule has 2 atom stereocenters. The Kier molecular flexibility index (Phi) is 6.02. The number of hydrogen-bond donors (Lipinski definition) is 0. The molecular formula is C11H11Cl4OP. The van der Waals surface area contributed by atoms with Gasteiger partial charge in [0.15, 0.2) is 5.52 Å². The quantitative estimate of drug-likeness (QED) is 0.494. The van der Waals surface area contributed by atoms with Crippen molar-refractivity contribution in [3.05, 3.63) is 31.7 Å². The summed E-state index contributed by atoms with van der Waals surface area (Å²) in [7, 11) is 0.118. The molecule has 6 heteroatoms. The van der Waals surface area contributed by atoms with Crippen molar-refractivity contribution in [2.45, 2.75) is 25.9 Å². The molecule has 0 aromatic heterocycles. The van der Waals surface area contributed by atoms with Gasteiger partial charge in [0.25, 0.3) is 0 Å². The molecule has 0 radical (unpaired) electrons. The third kappa shape index (κ3) is 3.72. The highest BCUT2D eigenvalue weighted by atomic mass is 35.5. The molecule has 1 rings (SSSR count). The molecule has 94 valence electrons. The van der Waals surface area contributed by atoms with Crippen LogP contribution in [0.15, 0.2) is 6.07 Å². The monoisotopic (exact) mass is 330 g/mol. The average molecular weight is 332 g/mol. The van der Waals surface area contributed by atoms with E-state index in [1.807, 2.05) is 13.8 Å². The van der Waals surface area contributed by atoms with E-state index in [0.717, 1.165) is 6.42 Å². The summed E-state index contributed by atoms with van der Waals surface area (Å²) < 4.78 is 0. The molecule has 0 aliphatic heterocycles. The van der Waals surface area contributed by atoms with Gasteiger partial charge < -0.3 is 0 Å². The Morgan fingerprint density at radius 2 is 1.71 bits per heavy atom. The number of rotatable bonds is 4. The normalized spacial score (nSPS) is 13.3. The van der Waals surface area contributed by atoms with Gasteiger partial charge in [-0.15, -0.1) is 0 Å². The van der Waals surface area contributed by atoms with Gasteiger partial charge in [-0.2, -0.15) is 0 Å². The van der Waals surface area contributed by atoms with Crippen molar-refractivity contribution >= 4 is 60.5 Å². The Morgan fingerprint density at radius 3 is 2.12 bits per heavy atom. The van der Waals surface area contributed by atoms with Gasteiger partial charge in [-0.05, 0) is 26.7 Å². The van der Waals surface area contributed by atoms with E-state index in [2.05, 4.69) is 0 Å². The molecule has 0 saturated heterocycles. The zero-order valence-electron chi connectivity index (χ0n) is 9.28. The highest BCUT2D eigenvalue weighted by Gasteiger charge is 2.21. The first kappa shape index (κ1) is 15.5. The predicted octanol–water partition coefficient (Wildman–Crippen LogP) is 5.92. The lowest BCUT2D eigenvalue weighted by molar-refractivity contribution is 0.108. The van der Waals surface area contributed by atoms with Crippen LogP contribution in [0.4, 0.5) is 0 Å². The van der Waals surface area contributed by atoms with Crippen LogP contribution in [-0.4, -0.2) is 11.2 Å². The maximum Gasteiger partial charge on any atom is 0.184 e. The standard InChI is InChI=1S/C11H11Cl4OP/c1-3-5(2)17-11(16)8-9(14)6(12)4-7(13)10(8)15/h4-5,17H,3H2,1-2H3. The van der Waals surface area contributed by atoms with Crippen molar-refractivity contribution in [1.29, 1.82) is 0 Å². The second kappa shape index (κ2) is 6.59. The van der Waals surface area contributed by atoms with Crippen molar-refractivity contribution in [2.24, 2.45) is 0 Å². The van der Waals surface area contributed by atoms with E-state index in [9.17, 15) is 4.79 Å². The topological polar surface area (TPSA) is 17.1 Å². The minimum absolute atomic E-state index is 0.0984. The van der Waals surface area contributed by atoms with Crippen LogP contribution in [0, 0.1) is 0 Å². The summed E-state index contributed by atoms with van der Waals surface area (Å²) in [6, 6.07) is 1.44. The van der Waals surface area contributed by atoms with E-state index >= 15 is 0 Å². The van der Waals surface area contributed by atoms with Gasteiger partial charge in [0.1, 0.15) is 0 Å². The van der Waals surface area contributed by atoms with Crippen molar-refractivity contribution in [2.75, 3.05) is 0 Å². The van der Waals surface area contributed by atoms with Gasteiger partial charge in [-0.3, -0.25) is 4.79 Å². The molecule has 0 amide bonds. The second-order valence-electron chi connectivity index (χ2n) is 3.63. The second-order valence-corrected chi connectivity index (χ2v) is 6.92. The van der Waals surface area contributed by atoms with Crippen LogP contribution in [0.25, 0.3) is 0 Å². The van der Waals surface area contributed by atoms with Gasteiger partial charge in [-0.25, -0.2) is 0 Å². The summed E-state index contributed by atoms with van der Waals surface area (Å²) in [6.07, 6.45) is 0.924. The maximum absolute atomic E-state index is 12.1. The first-order valence-corrected chi connectivity index (χ1v) is 7.61. The maximum atomic E-state index is 12.1. The van der Waals surface area contributed by atoms with Crippen molar-refractivity contribution < 1.29 is 4.79 Å². The Bertz CT molecular complexity index is 421. The Hall–Kier alpha value is 0.480. The van der Waals surface area contributed by atoms with Crippen LogP contribution >= 0.6 is 55.0 Å². The van der Waals surface area contributed by atoms with Crippen LogP contribution in [-0.2, 0) is 0 Å². The summed E-state index contributed by atoms with van der Waals surface area (Å²) in [5.74, 6) is 0. The molecule has 0 aliphatic rings. The Balaban J connectivity index is 3.17. The first-order chi connectivity index (χ1) is 7.88. The lowest BCUT2D eigenvalue weighted by Gasteiger charge is -2.12. The summed E-state index contributed by atoms with van der Waals surface area (Å²) in [5.41, 5.74) is 0.440. The molecule has 1 aromatic carbocycles. The van der Waals surface area contributed by atoms with E-state index in [1.165, 1.54) is 6.07 Å². The lowest BCUT2D eigenvalue weighted by atomic mass is 10.2. The van der Waals surface area contributed by atoms with Gasteiger partial charge in [0.2, 0.25) is 0 Å². The van der Waals surface area contributed by atoms with Gasteiger partial charge in [0, 0.05) is 0 Å². The molecule has 0 heterocycles. The van der Waals surface area contributed by atoms with E-state index in [0.29, 0.717) is 5.66 Å². The van der Waals surface area contributed by atoms with Crippen LogP contribution in [0.1, 0.15) is 30.6 Å². The number of hydrogen-bond acceptors (Lipinski definition) is 1. The zero-order chi connectivity index (χ0) is 13.2. The molecular weight excluding hydrogens is 321 g/mol. The Morgan fingerprint density at radius 1 is 1.24 bits per heavy atom. The van der Waals surface area contributed by atoms with Crippen LogP contribution in [0.5, 0.6) is 0 Å². The fourth-order valence-corrected chi connectivity index (χ4v) is 3.36. The average Bonchev–Trinajstić information content (AvgIpc) is 2.26. The number of carbonyl (C=O) groups is 1. The van der Waals surface area contributed by atoms with Crippen molar-refractivity contribution in [1.82, 2.24) is 0 Å². The van der Waals surface area contributed by atoms with Crippen molar-refractivity contribution in [3.63, 3.8) is 0 Å². The van der Waals surface area contributed by atoms with Crippen LogP contribution < -0.4 is 0 Å². The van der Waals surface area contributed by atoms with E-state index in [1.54, 1.807) is 0 Å². The molecule has 0 saturated carbocycles. The minimum Gasteiger partial charge on any atom is -0.289 e. The molecule has 17 heavy (non-hydrogen) atoms. The van der Waals surface area contributed by atoms with E-state index in [-0.39, 0.29) is 39.8 Å². The molecule has 0 spiro atoms. The highest BCUT2D eigenvalue weighted by molar-refractivity contribution is 7.59. The third-order valence-electron chi connectivity index (χ3n) is 2.33. The molecule has 2 unspecified atom stereocenters.